The quantitative estimate of drug-likeness (QED) is 0.233. The number of hydrogen-bond donors (Lipinski definition) is 0. The van der Waals surface area contributed by atoms with Gasteiger partial charge in [-0.15, -0.1) is 0 Å². The van der Waals surface area contributed by atoms with E-state index >= 15 is 0 Å². The molecule has 0 aliphatic heterocycles. The van der Waals surface area contributed by atoms with Gasteiger partial charge in [-0.05, 0) is 62.2 Å². The number of benzene rings is 5. The minimum Gasteiger partial charge on any atom is -0.249 e. The van der Waals surface area contributed by atoms with E-state index < -0.39 is 0 Å². The van der Waals surface area contributed by atoms with Crippen molar-refractivity contribution in [2.45, 2.75) is 0 Å². The molecule has 5 aromatic carbocycles. The van der Waals surface area contributed by atoms with Crippen LogP contribution in [-0.2, 0) is 0 Å². The Morgan fingerprint density at radius 2 is 1.18 bits per heavy atom. The van der Waals surface area contributed by atoms with Crippen LogP contribution in [0.15, 0.2) is 140 Å². The first-order chi connectivity index (χ1) is 19.3. The Bertz CT molecular complexity index is 2160. The van der Waals surface area contributed by atoms with E-state index in [0.29, 0.717) is 5.95 Å². The van der Waals surface area contributed by atoms with E-state index in [4.69, 9.17) is 9.97 Å². The van der Waals surface area contributed by atoms with E-state index in [1.165, 1.54) is 32.7 Å². The molecule has 0 radical (unpaired) electrons. The summed E-state index contributed by atoms with van der Waals surface area (Å²) in [6.07, 6.45) is 2.03. The van der Waals surface area contributed by atoms with Crippen molar-refractivity contribution in [1.82, 2.24) is 14.5 Å². The Morgan fingerprint density at radius 1 is 0.487 bits per heavy atom. The molecule has 0 amide bonds. The van der Waals surface area contributed by atoms with E-state index in [0.717, 1.165) is 28.1 Å². The molecule has 3 aromatic heterocycles. The summed E-state index contributed by atoms with van der Waals surface area (Å²) >= 11 is 0. The van der Waals surface area contributed by atoms with Gasteiger partial charge in [0.25, 0.3) is 11.5 Å². The van der Waals surface area contributed by atoms with Gasteiger partial charge in [-0.2, -0.15) is 4.40 Å². The summed E-state index contributed by atoms with van der Waals surface area (Å²) in [5.41, 5.74) is 6.44. The van der Waals surface area contributed by atoms with Gasteiger partial charge in [0.05, 0.1) is 22.8 Å². The molecular formula is C35H23N4+. The van der Waals surface area contributed by atoms with Gasteiger partial charge >= 0.3 is 5.95 Å². The Labute approximate surface area is 225 Å². The third-order valence-corrected chi connectivity index (χ3v) is 7.50. The molecule has 0 bridgehead atoms. The van der Waals surface area contributed by atoms with Crippen LogP contribution in [0.5, 0.6) is 0 Å². The minimum absolute atomic E-state index is 0.657. The topological polar surface area (TPSA) is 34.8 Å². The molecule has 4 nitrogen and oxygen atoms in total. The minimum atomic E-state index is 0.657. The Morgan fingerprint density at radius 3 is 2.05 bits per heavy atom. The number of hydrogen-bond acceptors (Lipinski definition) is 2. The fourth-order valence-electron chi connectivity index (χ4n) is 5.68. The number of rotatable bonds is 3. The lowest BCUT2D eigenvalue weighted by Crippen LogP contribution is -2.28. The summed E-state index contributed by atoms with van der Waals surface area (Å²) in [6, 6.07) is 46.6. The van der Waals surface area contributed by atoms with Gasteiger partial charge in [0, 0.05) is 16.8 Å². The molecule has 0 aliphatic rings. The summed E-state index contributed by atoms with van der Waals surface area (Å²) in [7, 11) is 0. The normalized spacial score (nSPS) is 11.6. The van der Waals surface area contributed by atoms with Crippen LogP contribution in [0.2, 0.25) is 0 Å². The van der Waals surface area contributed by atoms with Crippen LogP contribution in [0.4, 0.5) is 0 Å². The molecule has 0 aliphatic carbocycles. The molecule has 39 heavy (non-hydrogen) atoms. The van der Waals surface area contributed by atoms with Crippen LogP contribution in [0.3, 0.4) is 0 Å². The highest BCUT2D eigenvalue weighted by atomic mass is 15.2. The molecule has 8 aromatic rings. The van der Waals surface area contributed by atoms with Crippen LogP contribution in [0.25, 0.3) is 66.7 Å². The van der Waals surface area contributed by atoms with Gasteiger partial charge < -0.3 is 0 Å². The monoisotopic (exact) mass is 499 g/mol. The van der Waals surface area contributed by atoms with E-state index in [9.17, 15) is 0 Å². The molecule has 0 saturated heterocycles. The zero-order chi connectivity index (χ0) is 25.8. The largest absolute Gasteiger partial charge is 0.387 e. The second kappa shape index (κ2) is 8.61. The number of aromatic nitrogens is 4. The highest BCUT2D eigenvalue weighted by Crippen LogP contribution is 2.36. The van der Waals surface area contributed by atoms with Crippen LogP contribution in [0, 0.1) is 0 Å². The van der Waals surface area contributed by atoms with Crippen molar-refractivity contribution >= 4 is 38.2 Å². The second-order valence-corrected chi connectivity index (χ2v) is 9.75. The molecule has 182 valence electrons. The van der Waals surface area contributed by atoms with Crippen molar-refractivity contribution in [1.29, 1.82) is 0 Å². The Balaban J connectivity index is 1.40. The third kappa shape index (κ3) is 3.42. The first-order valence-corrected chi connectivity index (χ1v) is 13.1. The smallest absolute Gasteiger partial charge is 0.249 e. The average Bonchev–Trinajstić information content (AvgIpc) is 3.36. The molecule has 0 fully saturated rings. The van der Waals surface area contributed by atoms with E-state index in [-0.39, 0.29) is 0 Å². The first kappa shape index (κ1) is 21.7. The fraction of sp³-hybridized carbons (Fsp3) is 0. The van der Waals surface area contributed by atoms with Gasteiger partial charge in [-0.3, -0.25) is 0 Å². The second-order valence-electron chi connectivity index (χ2n) is 9.75. The molecule has 3 heterocycles. The standard InChI is InChI=1S/C35H23N4/c1-2-10-24(11-3-1)25-17-19-27(20-18-25)34-37-35(36-32-16-8-9-23-38(32)34)39-30-15-7-6-14-29(30)33-28-13-5-4-12-26(28)21-22-31(33)39/h1-23H/q+1. The number of fused-ring (bicyclic) bond motifs is 6. The molecule has 0 atom stereocenters. The predicted octanol–water partition coefficient (Wildman–Crippen LogP) is 7.80. The Hall–Kier alpha value is -5.35. The van der Waals surface area contributed by atoms with Gasteiger partial charge in [0.1, 0.15) is 0 Å². The molecule has 0 saturated carbocycles. The summed E-state index contributed by atoms with van der Waals surface area (Å²) in [5.74, 6) is 1.51. The highest BCUT2D eigenvalue weighted by molar-refractivity contribution is 6.21. The molecule has 0 unspecified atom stereocenters. The first-order valence-electron chi connectivity index (χ1n) is 13.1. The lowest BCUT2D eigenvalue weighted by Gasteiger charge is -2.07. The number of para-hydroxylation sites is 1. The summed E-state index contributed by atoms with van der Waals surface area (Å²) < 4.78 is 4.26. The third-order valence-electron chi connectivity index (χ3n) is 7.50. The molecular weight excluding hydrogens is 476 g/mol. The lowest BCUT2D eigenvalue weighted by molar-refractivity contribution is -0.505. The molecule has 4 heteroatoms. The van der Waals surface area contributed by atoms with Crippen LogP contribution in [0.1, 0.15) is 0 Å². The van der Waals surface area contributed by atoms with E-state index in [1.54, 1.807) is 0 Å². The van der Waals surface area contributed by atoms with Crippen molar-refractivity contribution in [3.63, 3.8) is 0 Å². The number of pyridine rings is 1. The van der Waals surface area contributed by atoms with Gasteiger partial charge in [0.15, 0.2) is 0 Å². The summed E-state index contributed by atoms with van der Waals surface area (Å²) in [6.45, 7) is 0. The Kier molecular flexibility index (Phi) is 4.79. The SMILES string of the molecule is c1ccc(-c2ccc(-c3nc(-n4c5ccccc5c5c6ccccc6ccc54)nc4cccc[n+]34)cc2)cc1. The van der Waals surface area contributed by atoms with Gasteiger partial charge in [0.2, 0.25) is 0 Å². The molecule has 8 rings (SSSR count). The summed E-state index contributed by atoms with van der Waals surface area (Å²) in [5, 5.41) is 4.88. The summed E-state index contributed by atoms with van der Waals surface area (Å²) in [4.78, 5) is 10.3. The van der Waals surface area contributed by atoms with Gasteiger partial charge in [-0.1, -0.05) is 97.1 Å². The van der Waals surface area contributed by atoms with Crippen molar-refractivity contribution in [2.24, 2.45) is 0 Å². The molecule has 0 spiro atoms. The van der Waals surface area contributed by atoms with Crippen LogP contribution in [-0.4, -0.2) is 14.5 Å². The lowest BCUT2D eigenvalue weighted by atomic mass is 10.0. The van der Waals surface area contributed by atoms with Crippen molar-refractivity contribution in [3.8, 4) is 28.5 Å². The zero-order valence-electron chi connectivity index (χ0n) is 21.1. The van der Waals surface area contributed by atoms with Crippen LogP contribution >= 0.6 is 0 Å². The molecule has 0 N–H and O–H groups in total. The van der Waals surface area contributed by atoms with E-state index in [2.05, 4.69) is 118 Å². The highest BCUT2D eigenvalue weighted by Gasteiger charge is 2.24. The van der Waals surface area contributed by atoms with Gasteiger partial charge in [-0.25, -0.2) is 4.57 Å². The maximum Gasteiger partial charge on any atom is 0.387 e. The fourth-order valence-corrected chi connectivity index (χ4v) is 5.68. The average molecular weight is 500 g/mol. The van der Waals surface area contributed by atoms with Crippen molar-refractivity contribution in [3.05, 3.63) is 140 Å². The zero-order valence-corrected chi connectivity index (χ0v) is 21.1. The van der Waals surface area contributed by atoms with Crippen molar-refractivity contribution in [2.75, 3.05) is 0 Å². The maximum absolute atomic E-state index is 5.21. The van der Waals surface area contributed by atoms with Crippen LogP contribution < -0.4 is 4.40 Å². The van der Waals surface area contributed by atoms with Crippen molar-refractivity contribution < 1.29 is 4.40 Å². The number of nitrogens with zero attached hydrogens (tertiary/aromatic N) is 4. The van der Waals surface area contributed by atoms with E-state index in [1.807, 2.05) is 30.5 Å². The predicted molar refractivity (Wildman–Crippen MR) is 158 cm³/mol. The maximum atomic E-state index is 5.21.